The largest absolute Gasteiger partial charge is 0.379 e. The number of nitrogens with zero attached hydrogens (tertiary/aromatic N) is 3. The minimum absolute atomic E-state index is 0.0372. The van der Waals surface area contributed by atoms with Gasteiger partial charge in [-0.3, -0.25) is 14.6 Å². The zero-order valence-corrected chi connectivity index (χ0v) is 23.1. The third-order valence-electron chi connectivity index (χ3n) is 6.79. The molecule has 36 heavy (non-hydrogen) atoms. The van der Waals surface area contributed by atoms with E-state index in [1.807, 2.05) is 0 Å². The van der Waals surface area contributed by atoms with Gasteiger partial charge in [-0.15, -0.1) is 0 Å². The number of rotatable bonds is 9. The maximum atomic E-state index is 13.6. The maximum Gasteiger partial charge on any atom is 0.233 e. The fraction of sp³-hybridized carbons (Fsp3) is 0.481. The highest BCUT2D eigenvalue weighted by Gasteiger charge is 2.23. The number of morpholine rings is 1. The number of fused-ring (bicyclic) bond motifs is 1. The normalized spacial score (nSPS) is 15.0. The van der Waals surface area contributed by atoms with Crippen molar-refractivity contribution in [3.8, 4) is 0 Å². The topological polar surface area (TPSA) is 79.8 Å². The Hall–Kier alpha value is -2.33. The van der Waals surface area contributed by atoms with Crippen LogP contribution in [0, 0.1) is 13.8 Å². The number of hydrogen-bond donors (Lipinski definition) is 0. The Morgan fingerprint density at radius 3 is 2.47 bits per heavy atom. The second-order valence-electron chi connectivity index (χ2n) is 9.62. The van der Waals surface area contributed by atoms with Crippen LogP contribution in [0.3, 0.4) is 0 Å². The molecule has 0 saturated carbocycles. The number of carbonyl (C=O) groups excluding carboxylic acids is 1. The van der Waals surface area contributed by atoms with Gasteiger partial charge in [-0.25, -0.2) is 13.4 Å². The van der Waals surface area contributed by atoms with Crippen LogP contribution < -0.4 is 4.90 Å². The van der Waals surface area contributed by atoms with Crippen molar-refractivity contribution < 1.29 is 17.9 Å². The van der Waals surface area contributed by atoms with Crippen LogP contribution in [0.25, 0.3) is 10.2 Å². The van der Waals surface area contributed by atoms with Crippen molar-refractivity contribution >= 4 is 42.4 Å². The number of sulfone groups is 1. The predicted octanol–water partition coefficient (Wildman–Crippen LogP) is 4.39. The van der Waals surface area contributed by atoms with Gasteiger partial charge in [-0.05, 0) is 69.0 Å². The van der Waals surface area contributed by atoms with Gasteiger partial charge in [-0.2, -0.15) is 0 Å². The van der Waals surface area contributed by atoms with Crippen LogP contribution in [0.2, 0.25) is 0 Å². The Bertz CT molecular complexity index is 1310. The van der Waals surface area contributed by atoms with E-state index in [-0.39, 0.29) is 17.2 Å². The summed E-state index contributed by atoms with van der Waals surface area (Å²) in [5.74, 6) is -0.0372. The van der Waals surface area contributed by atoms with E-state index >= 15 is 0 Å². The van der Waals surface area contributed by atoms with Crippen LogP contribution in [0.4, 0.5) is 5.13 Å². The molecule has 2 heterocycles. The summed E-state index contributed by atoms with van der Waals surface area (Å²) in [6, 6.07) is 10.9. The molecule has 7 nitrogen and oxygen atoms in total. The fourth-order valence-electron chi connectivity index (χ4n) is 4.27. The van der Waals surface area contributed by atoms with Gasteiger partial charge in [0.1, 0.15) is 0 Å². The first-order chi connectivity index (χ1) is 17.2. The molecule has 1 saturated heterocycles. The molecule has 1 aromatic heterocycles. The lowest BCUT2D eigenvalue weighted by Gasteiger charge is -2.27. The second-order valence-corrected chi connectivity index (χ2v) is 13.1. The van der Waals surface area contributed by atoms with E-state index in [0.717, 1.165) is 60.6 Å². The van der Waals surface area contributed by atoms with Crippen molar-refractivity contribution in [2.45, 2.75) is 50.7 Å². The summed E-state index contributed by atoms with van der Waals surface area (Å²) in [4.78, 5) is 22.9. The predicted molar refractivity (Wildman–Crippen MR) is 146 cm³/mol. The number of benzene rings is 2. The quantitative estimate of drug-likeness (QED) is 0.409. The van der Waals surface area contributed by atoms with Gasteiger partial charge < -0.3 is 4.74 Å². The zero-order chi connectivity index (χ0) is 25.9. The Morgan fingerprint density at radius 1 is 1.11 bits per heavy atom. The van der Waals surface area contributed by atoms with E-state index < -0.39 is 15.1 Å². The molecule has 1 aliphatic heterocycles. The van der Waals surface area contributed by atoms with Gasteiger partial charge >= 0.3 is 0 Å². The van der Waals surface area contributed by atoms with E-state index in [2.05, 4.69) is 30.9 Å². The summed E-state index contributed by atoms with van der Waals surface area (Å²) in [5, 5.41) is 0.225. The van der Waals surface area contributed by atoms with E-state index in [1.165, 1.54) is 5.56 Å². The first-order valence-corrected chi connectivity index (χ1v) is 14.8. The smallest absolute Gasteiger partial charge is 0.233 e. The van der Waals surface area contributed by atoms with Gasteiger partial charge in [0.2, 0.25) is 5.91 Å². The summed E-state index contributed by atoms with van der Waals surface area (Å²) in [6.45, 7) is 12.3. The first kappa shape index (κ1) is 26.7. The van der Waals surface area contributed by atoms with E-state index in [0.29, 0.717) is 11.7 Å². The number of thiazole rings is 1. The van der Waals surface area contributed by atoms with E-state index in [4.69, 9.17) is 9.72 Å². The van der Waals surface area contributed by atoms with Crippen molar-refractivity contribution in [1.82, 2.24) is 9.88 Å². The van der Waals surface area contributed by atoms with Gasteiger partial charge in [0.05, 0.1) is 40.0 Å². The molecule has 0 N–H and O–H groups in total. The van der Waals surface area contributed by atoms with Crippen LogP contribution in [0.1, 0.15) is 37.0 Å². The van der Waals surface area contributed by atoms with Crippen LogP contribution in [-0.4, -0.2) is 68.9 Å². The highest BCUT2D eigenvalue weighted by atomic mass is 32.2. The molecule has 0 aliphatic carbocycles. The van der Waals surface area contributed by atoms with Gasteiger partial charge in [0.25, 0.3) is 0 Å². The number of ether oxygens (including phenoxy) is 1. The number of aromatic nitrogens is 1. The average Bonchev–Trinajstić information content (AvgIpc) is 3.29. The first-order valence-electron chi connectivity index (χ1n) is 12.5. The van der Waals surface area contributed by atoms with Crippen molar-refractivity contribution in [1.29, 1.82) is 0 Å². The SMILES string of the molecule is Cc1ccc2sc(N(CCCN3CCOCC3)C(=O)Cc3ccc(S(=O)(=O)C(C)C)cc3)nc2c1C. The summed E-state index contributed by atoms with van der Waals surface area (Å²) in [7, 11) is -3.34. The molecule has 1 aliphatic rings. The molecule has 1 fully saturated rings. The highest BCUT2D eigenvalue weighted by molar-refractivity contribution is 7.92. The molecule has 194 valence electrons. The molecule has 0 unspecified atom stereocenters. The number of carbonyl (C=O) groups is 1. The van der Waals surface area contributed by atoms with Crippen LogP contribution >= 0.6 is 11.3 Å². The summed E-state index contributed by atoms with van der Waals surface area (Å²) < 4.78 is 31.4. The number of anilines is 1. The Balaban J connectivity index is 1.54. The zero-order valence-electron chi connectivity index (χ0n) is 21.5. The Morgan fingerprint density at radius 2 is 1.81 bits per heavy atom. The van der Waals surface area contributed by atoms with E-state index in [9.17, 15) is 13.2 Å². The van der Waals surface area contributed by atoms with E-state index in [1.54, 1.807) is 54.3 Å². The average molecular weight is 530 g/mol. The molecule has 0 atom stereocenters. The molecule has 0 bridgehead atoms. The Kier molecular flexibility index (Phi) is 8.44. The molecule has 1 amide bonds. The lowest BCUT2D eigenvalue weighted by atomic mass is 10.1. The second kappa shape index (κ2) is 11.4. The third-order valence-corrected chi connectivity index (χ3v) is 10.0. The number of aryl methyl sites for hydroxylation is 2. The molecule has 4 rings (SSSR count). The fourth-order valence-corrected chi connectivity index (χ4v) is 6.40. The molecular formula is C27H35N3O4S2. The van der Waals surface area contributed by atoms with Crippen molar-refractivity contribution in [2.24, 2.45) is 0 Å². The van der Waals surface area contributed by atoms with Crippen LogP contribution in [0.15, 0.2) is 41.3 Å². The van der Waals surface area contributed by atoms with Crippen molar-refractivity contribution in [2.75, 3.05) is 44.3 Å². The van der Waals surface area contributed by atoms with Gasteiger partial charge in [0.15, 0.2) is 15.0 Å². The van der Waals surface area contributed by atoms with Gasteiger partial charge in [-0.1, -0.05) is 29.5 Å². The van der Waals surface area contributed by atoms with Crippen LogP contribution in [-0.2, 0) is 25.8 Å². The third kappa shape index (κ3) is 5.96. The molecular weight excluding hydrogens is 494 g/mol. The molecule has 2 aromatic carbocycles. The minimum Gasteiger partial charge on any atom is -0.379 e. The lowest BCUT2D eigenvalue weighted by Crippen LogP contribution is -2.39. The Labute approximate surface area is 218 Å². The summed E-state index contributed by atoms with van der Waals surface area (Å²) >= 11 is 1.54. The van der Waals surface area contributed by atoms with Crippen molar-refractivity contribution in [3.05, 3.63) is 53.1 Å². The maximum absolute atomic E-state index is 13.6. The molecule has 0 radical (unpaired) electrons. The van der Waals surface area contributed by atoms with Gasteiger partial charge in [0, 0.05) is 26.2 Å². The summed E-state index contributed by atoms with van der Waals surface area (Å²) in [6.07, 6.45) is 1.03. The number of amides is 1. The molecule has 9 heteroatoms. The monoisotopic (exact) mass is 529 g/mol. The molecule has 3 aromatic rings. The number of hydrogen-bond acceptors (Lipinski definition) is 7. The van der Waals surface area contributed by atoms with Crippen molar-refractivity contribution in [3.63, 3.8) is 0 Å². The lowest BCUT2D eigenvalue weighted by molar-refractivity contribution is -0.118. The molecule has 0 spiro atoms. The standard InChI is InChI=1S/C27H35N3O4S2/c1-19(2)36(32,33)23-9-7-22(8-10-23)18-25(31)30(13-5-12-29-14-16-34-17-15-29)27-28-26-21(4)20(3)6-11-24(26)35-27/h6-11,19H,5,12-18H2,1-4H3. The highest BCUT2D eigenvalue weighted by Crippen LogP contribution is 2.32. The minimum atomic E-state index is -3.34. The summed E-state index contributed by atoms with van der Waals surface area (Å²) in [5.41, 5.74) is 4.05. The van der Waals surface area contributed by atoms with Crippen LogP contribution in [0.5, 0.6) is 0 Å².